The zero-order chi connectivity index (χ0) is 14.5. The van der Waals surface area contributed by atoms with Crippen molar-refractivity contribution in [3.63, 3.8) is 0 Å². The number of nitrogens with two attached hydrogens (primary N) is 1. The van der Waals surface area contributed by atoms with Gasteiger partial charge in [-0.2, -0.15) is 0 Å². The smallest absolute Gasteiger partial charge is 0.340 e. The number of carbonyl (C=O) groups excluding carboxylic acids is 1. The van der Waals surface area contributed by atoms with Crippen molar-refractivity contribution in [2.45, 2.75) is 6.42 Å². The highest BCUT2D eigenvalue weighted by Gasteiger charge is 2.12. The largest absolute Gasteiger partial charge is 0.465 e. The van der Waals surface area contributed by atoms with E-state index in [1.165, 1.54) is 19.4 Å². The summed E-state index contributed by atoms with van der Waals surface area (Å²) in [7, 11) is -1.68. The van der Waals surface area contributed by atoms with Crippen molar-refractivity contribution in [3.8, 4) is 0 Å². The minimum Gasteiger partial charge on any atom is -0.465 e. The standard InChI is InChI=1S/C12H18N2O4S/c1-18-12(15)10-8-9(13)4-5-11(10)14-6-3-7-19(2,16)17/h4-5,8,14H,3,6-7,13H2,1-2H3. The van der Waals surface area contributed by atoms with Crippen LogP contribution in [-0.2, 0) is 14.6 Å². The Labute approximate surface area is 112 Å². The summed E-state index contributed by atoms with van der Waals surface area (Å²) in [5, 5.41) is 3.01. The molecule has 0 saturated heterocycles. The first kappa shape index (κ1) is 15.3. The lowest BCUT2D eigenvalue weighted by Crippen LogP contribution is -2.13. The number of nitrogens with one attached hydrogen (secondary N) is 1. The van der Waals surface area contributed by atoms with E-state index in [1.807, 2.05) is 0 Å². The predicted molar refractivity (Wildman–Crippen MR) is 75.0 cm³/mol. The van der Waals surface area contributed by atoms with E-state index in [9.17, 15) is 13.2 Å². The van der Waals surface area contributed by atoms with Crippen LogP contribution in [0.5, 0.6) is 0 Å². The van der Waals surface area contributed by atoms with Crippen LogP contribution in [0.2, 0.25) is 0 Å². The summed E-state index contributed by atoms with van der Waals surface area (Å²) in [6.45, 7) is 0.445. The van der Waals surface area contributed by atoms with Gasteiger partial charge in [0.25, 0.3) is 0 Å². The molecule has 0 atom stereocenters. The maximum absolute atomic E-state index is 11.6. The highest BCUT2D eigenvalue weighted by atomic mass is 32.2. The van der Waals surface area contributed by atoms with E-state index >= 15 is 0 Å². The molecule has 0 saturated carbocycles. The Kier molecular flexibility index (Phi) is 5.17. The third-order valence-electron chi connectivity index (χ3n) is 2.46. The molecule has 0 aliphatic rings. The van der Waals surface area contributed by atoms with E-state index in [-0.39, 0.29) is 5.75 Å². The molecule has 1 rings (SSSR count). The number of nitrogen functional groups attached to an aromatic ring is 1. The number of benzene rings is 1. The van der Waals surface area contributed by atoms with Crippen molar-refractivity contribution in [1.82, 2.24) is 0 Å². The summed E-state index contributed by atoms with van der Waals surface area (Å²) < 4.78 is 26.6. The fourth-order valence-corrected chi connectivity index (χ4v) is 2.22. The second kappa shape index (κ2) is 6.42. The van der Waals surface area contributed by atoms with Crippen molar-refractivity contribution < 1.29 is 17.9 Å². The van der Waals surface area contributed by atoms with Crippen molar-refractivity contribution in [2.75, 3.05) is 36.7 Å². The van der Waals surface area contributed by atoms with E-state index in [2.05, 4.69) is 10.1 Å². The first-order valence-electron chi connectivity index (χ1n) is 5.73. The molecule has 7 heteroatoms. The number of hydrogen-bond donors (Lipinski definition) is 2. The molecule has 0 bridgehead atoms. The average Bonchev–Trinajstić information content (AvgIpc) is 2.33. The number of rotatable bonds is 6. The molecule has 1 aromatic carbocycles. The lowest BCUT2D eigenvalue weighted by atomic mass is 10.1. The molecular formula is C12H18N2O4S. The molecule has 0 unspecified atom stereocenters. The van der Waals surface area contributed by atoms with E-state index in [1.54, 1.807) is 12.1 Å². The van der Waals surface area contributed by atoms with E-state index in [0.717, 1.165) is 0 Å². The number of hydrogen-bond acceptors (Lipinski definition) is 6. The van der Waals surface area contributed by atoms with Crippen molar-refractivity contribution >= 4 is 27.2 Å². The molecule has 0 heterocycles. The second-order valence-electron chi connectivity index (χ2n) is 4.21. The first-order chi connectivity index (χ1) is 8.83. The quantitative estimate of drug-likeness (QED) is 0.458. The van der Waals surface area contributed by atoms with Gasteiger partial charge in [-0.1, -0.05) is 0 Å². The number of anilines is 2. The van der Waals surface area contributed by atoms with Crippen molar-refractivity contribution in [3.05, 3.63) is 23.8 Å². The van der Waals surface area contributed by atoms with Gasteiger partial charge in [0, 0.05) is 24.2 Å². The highest BCUT2D eigenvalue weighted by molar-refractivity contribution is 7.90. The lowest BCUT2D eigenvalue weighted by molar-refractivity contribution is 0.0602. The Morgan fingerprint density at radius 2 is 2.11 bits per heavy atom. The Hall–Kier alpha value is -1.76. The normalized spacial score (nSPS) is 11.1. The van der Waals surface area contributed by atoms with Crippen LogP contribution in [0.15, 0.2) is 18.2 Å². The Morgan fingerprint density at radius 1 is 1.42 bits per heavy atom. The molecule has 0 fully saturated rings. The number of ether oxygens (including phenoxy) is 1. The third-order valence-corrected chi connectivity index (χ3v) is 3.49. The van der Waals surface area contributed by atoms with Gasteiger partial charge >= 0.3 is 5.97 Å². The van der Waals surface area contributed by atoms with Gasteiger partial charge in [0.05, 0.1) is 18.4 Å². The van der Waals surface area contributed by atoms with E-state index < -0.39 is 15.8 Å². The fraction of sp³-hybridized carbons (Fsp3) is 0.417. The number of sulfone groups is 1. The van der Waals surface area contributed by atoms with Crippen LogP contribution in [0.3, 0.4) is 0 Å². The molecule has 0 radical (unpaired) electrons. The van der Waals surface area contributed by atoms with Gasteiger partial charge in [-0.25, -0.2) is 13.2 Å². The molecule has 0 aromatic heterocycles. The van der Waals surface area contributed by atoms with Crippen LogP contribution in [0.25, 0.3) is 0 Å². The van der Waals surface area contributed by atoms with E-state index in [0.29, 0.717) is 29.9 Å². The van der Waals surface area contributed by atoms with Gasteiger partial charge < -0.3 is 15.8 Å². The monoisotopic (exact) mass is 286 g/mol. The number of esters is 1. The van der Waals surface area contributed by atoms with Gasteiger partial charge in [-0.05, 0) is 24.6 Å². The van der Waals surface area contributed by atoms with Gasteiger partial charge in [0.15, 0.2) is 0 Å². The van der Waals surface area contributed by atoms with Gasteiger partial charge in [0.2, 0.25) is 0 Å². The highest BCUT2D eigenvalue weighted by Crippen LogP contribution is 2.19. The molecule has 0 aliphatic heterocycles. The minimum atomic E-state index is -2.97. The zero-order valence-corrected chi connectivity index (χ0v) is 11.8. The predicted octanol–water partition coefficient (Wildman–Crippen LogP) is 0.902. The van der Waals surface area contributed by atoms with Crippen LogP contribution in [-0.4, -0.2) is 40.1 Å². The summed E-state index contributed by atoms with van der Waals surface area (Å²) in [4.78, 5) is 11.6. The molecule has 3 N–H and O–H groups in total. The lowest BCUT2D eigenvalue weighted by Gasteiger charge is -2.11. The third kappa shape index (κ3) is 5.17. The van der Waals surface area contributed by atoms with Crippen LogP contribution >= 0.6 is 0 Å². The molecule has 0 aliphatic carbocycles. The fourth-order valence-electron chi connectivity index (χ4n) is 1.55. The Balaban J connectivity index is 2.70. The molecule has 106 valence electrons. The maximum atomic E-state index is 11.6. The van der Waals surface area contributed by atoms with Crippen LogP contribution < -0.4 is 11.1 Å². The van der Waals surface area contributed by atoms with Gasteiger partial charge in [0.1, 0.15) is 9.84 Å². The summed E-state index contributed by atoms with van der Waals surface area (Å²) >= 11 is 0. The molecule has 19 heavy (non-hydrogen) atoms. The molecular weight excluding hydrogens is 268 g/mol. The summed E-state index contributed by atoms with van der Waals surface area (Å²) in [6, 6.07) is 4.85. The minimum absolute atomic E-state index is 0.0997. The number of methoxy groups -OCH3 is 1. The van der Waals surface area contributed by atoms with Crippen LogP contribution in [0, 0.1) is 0 Å². The first-order valence-corrected chi connectivity index (χ1v) is 7.79. The van der Waals surface area contributed by atoms with E-state index in [4.69, 9.17) is 5.73 Å². The molecule has 6 nitrogen and oxygen atoms in total. The Bertz CT molecular complexity index is 555. The van der Waals surface area contributed by atoms with Crippen LogP contribution in [0.4, 0.5) is 11.4 Å². The maximum Gasteiger partial charge on any atom is 0.340 e. The molecule has 1 aromatic rings. The SMILES string of the molecule is COC(=O)c1cc(N)ccc1NCCCS(C)(=O)=O. The summed E-state index contributed by atoms with van der Waals surface area (Å²) in [5.74, 6) is -0.388. The molecule has 0 amide bonds. The zero-order valence-electron chi connectivity index (χ0n) is 11.0. The Morgan fingerprint density at radius 3 is 2.68 bits per heavy atom. The van der Waals surface area contributed by atoms with Crippen molar-refractivity contribution in [1.29, 1.82) is 0 Å². The summed E-state index contributed by atoms with van der Waals surface area (Å²) in [6.07, 6.45) is 1.65. The van der Waals surface area contributed by atoms with Crippen molar-refractivity contribution in [2.24, 2.45) is 0 Å². The molecule has 0 spiro atoms. The van der Waals surface area contributed by atoms with Gasteiger partial charge in [-0.15, -0.1) is 0 Å². The number of carbonyl (C=O) groups is 1. The average molecular weight is 286 g/mol. The summed E-state index contributed by atoms with van der Waals surface area (Å²) in [5.41, 5.74) is 6.99. The van der Waals surface area contributed by atoms with Crippen LogP contribution in [0.1, 0.15) is 16.8 Å². The van der Waals surface area contributed by atoms with Gasteiger partial charge in [-0.3, -0.25) is 0 Å². The topological polar surface area (TPSA) is 98.5 Å². The second-order valence-corrected chi connectivity index (χ2v) is 6.47.